The van der Waals surface area contributed by atoms with Crippen LogP contribution in [0.4, 0.5) is 35.7 Å². The van der Waals surface area contributed by atoms with E-state index in [4.69, 9.17) is 108 Å². The number of aromatic nitrogens is 24. The van der Waals surface area contributed by atoms with Crippen LogP contribution in [0.2, 0.25) is 0 Å². The van der Waals surface area contributed by atoms with Gasteiger partial charge in [-0.1, -0.05) is 0 Å². The number of aliphatic hydroxyl groups is 2. The van der Waals surface area contributed by atoms with Crippen LogP contribution in [0.3, 0.4) is 0 Å². The first-order valence-corrected chi connectivity index (χ1v) is 45.6. The summed E-state index contributed by atoms with van der Waals surface area (Å²) in [6.45, 7) is -5.96. The summed E-state index contributed by atoms with van der Waals surface area (Å²) in [5.74, 6) is -2.80. The molecule has 0 spiro atoms. The molecule has 0 amide bonds. The Morgan fingerprint density at radius 3 is 0.884 bits per heavy atom. The van der Waals surface area contributed by atoms with Gasteiger partial charge in [-0.25, -0.2) is 65.4 Å². The van der Waals surface area contributed by atoms with Gasteiger partial charge in [-0.2, -0.15) is 44.9 Å². The highest BCUT2D eigenvalue weighted by molar-refractivity contribution is 7.48. The smallest absolute Gasteiger partial charge is 0.394 e. The minimum Gasteiger partial charge on any atom is -0.394 e. The highest BCUT2D eigenvalue weighted by Gasteiger charge is 2.52. The molecular formula is C60H73N30O34P5. The van der Waals surface area contributed by atoms with Gasteiger partial charge in [-0.05, 0) is 0 Å². The second-order valence-electron chi connectivity index (χ2n) is 29.5. The molecule has 12 aromatic rings. The van der Waals surface area contributed by atoms with Gasteiger partial charge in [0, 0.05) is 75.7 Å². The van der Waals surface area contributed by atoms with Crippen LogP contribution in [-0.4, -0.2) is 263 Å². The second kappa shape index (κ2) is 34.1. The lowest BCUT2D eigenvalue weighted by molar-refractivity contribution is -0.0638. The molecule has 0 aliphatic carbocycles. The maximum atomic E-state index is 14.7. The maximum Gasteiger partial charge on any atom is 0.472 e. The summed E-state index contributed by atoms with van der Waals surface area (Å²) in [4.78, 5) is 189. The Balaban J connectivity index is 0.573. The van der Waals surface area contributed by atoms with E-state index in [1.165, 1.54) is 66.3 Å². The van der Waals surface area contributed by atoms with Crippen molar-refractivity contribution in [1.29, 1.82) is 0 Å². The average Bonchev–Trinajstić information content (AvgIpc) is 1.64. The topological polar surface area (TPSA) is 878 Å². The summed E-state index contributed by atoms with van der Waals surface area (Å²) in [6, 6.07) is 0. The van der Waals surface area contributed by atoms with Crippen molar-refractivity contribution in [2.75, 3.05) is 74.0 Å². The number of H-pyrrole nitrogens is 3. The fourth-order valence-electron chi connectivity index (χ4n) is 15.5. The first-order valence-electron chi connectivity index (χ1n) is 38.1. The van der Waals surface area contributed by atoms with Gasteiger partial charge in [-0.15, -0.1) is 0 Å². The Bertz CT molecular complexity index is 7010. The molecule has 5 unspecified atom stereocenters. The number of hydrogen-bond acceptors (Lipinski definition) is 47. The van der Waals surface area contributed by atoms with E-state index >= 15 is 0 Å². The number of hydrogen-bond donors (Lipinski definition) is 16. The Morgan fingerprint density at radius 1 is 0.349 bits per heavy atom. The zero-order valence-corrected chi connectivity index (χ0v) is 69.8. The van der Waals surface area contributed by atoms with E-state index in [9.17, 15) is 86.3 Å². The summed E-state index contributed by atoms with van der Waals surface area (Å²) >= 11 is 0. The Kier molecular flexibility index (Phi) is 23.5. The number of rotatable bonds is 32. The Morgan fingerprint density at radius 2 is 0.597 bits per heavy atom. The van der Waals surface area contributed by atoms with E-state index in [1.54, 1.807) is 0 Å². The third-order valence-electron chi connectivity index (χ3n) is 21.2. The van der Waals surface area contributed by atoms with Crippen molar-refractivity contribution < 1.29 is 131 Å². The zero-order chi connectivity index (χ0) is 91.0. The highest BCUT2D eigenvalue weighted by atomic mass is 31.2. The molecule has 6 aliphatic heterocycles. The van der Waals surface area contributed by atoms with Crippen LogP contribution < -0.4 is 68.1 Å². The molecule has 64 nitrogen and oxygen atoms in total. The number of fused-ring (bicyclic) bond motifs is 6. The first kappa shape index (κ1) is 88.8. The number of ether oxygens (including phenoxy) is 6. The molecule has 12 aromatic heterocycles. The Labute approximate surface area is 711 Å². The standard InChI is InChI=1S/C60H73N30O34P5/c61-49-70-43-40(46(93)73-49)67-19-88(43)37-8-23(28(13-91)114-37)120-126(101,102)110-17-32-26(11-38(118-32)89-20-68-41-44(89)71-50(62)74-47(41)94)124-129(107,108)113-18-33-27(12-39(119-33)90-21-69-42-45(90)72-51(63)75-48(42)95)123-128(105,106)112-16-31-25(10-36(117-31)84-3-6-87-57(84)78-54(66)81-60(87)98)122-127(103,104)111-15-30-24(9-35(116-30)83-2-5-86-56(83)77-53(65)80-59(86)97)121-125(99,100)109-14-29-22(92)7-34(115-29)82-1-4-85-55(82)76-52(64)79-58(85)96/h1-6,19-39,91-92H,7-18H2,(H,99,100)(H,101,102)(H,103,104)(H,105,106)(H,107,108)(H2,64,79,96)(H2,65,80,97)(H2,66,81,98)(H3,61,70,73,93)(H3,62,71,74,94)(H3,63,72,75,95)/t22-,23-,24-,25-,26-,27-,28+,29+,30+,31+,32+,33+,34+,35+,36+,37+,38+,39+/m0/s1. The molecule has 0 saturated carbocycles. The van der Waals surface area contributed by atoms with E-state index in [0.29, 0.717) is 0 Å². The van der Waals surface area contributed by atoms with Gasteiger partial charge >= 0.3 is 56.2 Å². The lowest BCUT2D eigenvalue weighted by Crippen LogP contribution is -2.32. The SMILES string of the molecule is Nc1nc(=O)n2ccn([C@H]3C[C@H](OP(=O)(O)OC[C@H]4O[C@@H](n5ccn6c(=O)nc(N)nc56)C[C@@H]4OP(=O)(O)OC[C@H]4O[C@@H](n5ccn6c(=O)nc(N)nc56)C[C@@H]4O)[C@@H](COP(=O)(O)O[C@H]4C[C@H](n5cnc6c(=O)[nH]c(N)nc65)O[C@@H]4COP(=O)(O)O[C@H]4C[C@H](n5cnc6c(=O)[nH]c(N)nc65)O[C@@H]4COP(=O)(O)O[C@H]4C[C@H](n5cnc6c(=O)[nH]c(N)nc65)O[C@@H]4CO)O3)c2n1. The van der Waals surface area contributed by atoms with E-state index < -0.39 is 267 Å². The number of aromatic amines is 3. The highest BCUT2D eigenvalue weighted by Crippen LogP contribution is 2.57. The summed E-state index contributed by atoms with van der Waals surface area (Å²) in [5, 5.41) is 21.4. The molecule has 18 heterocycles. The number of nitrogens with zero attached hydrogens (tertiary/aromatic N) is 21. The molecule has 0 radical (unpaired) electrons. The lowest BCUT2D eigenvalue weighted by Gasteiger charge is -2.26. The van der Waals surface area contributed by atoms with E-state index in [1.807, 2.05) is 0 Å². The van der Waals surface area contributed by atoms with E-state index in [-0.39, 0.29) is 81.5 Å². The molecule has 6 aliphatic rings. The molecule has 22 N–H and O–H groups in total. The van der Waals surface area contributed by atoms with E-state index in [0.717, 1.165) is 30.4 Å². The van der Waals surface area contributed by atoms with Crippen LogP contribution in [0.15, 0.2) is 84.9 Å². The largest absolute Gasteiger partial charge is 0.472 e. The maximum absolute atomic E-state index is 14.7. The van der Waals surface area contributed by atoms with Crippen molar-refractivity contribution in [3.63, 3.8) is 0 Å². The van der Waals surface area contributed by atoms with Gasteiger partial charge in [0.05, 0.1) is 64.7 Å². The summed E-state index contributed by atoms with van der Waals surface area (Å²) in [7, 11) is -27.6. The molecule has 6 saturated heterocycles. The van der Waals surface area contributed by atoms with Crippen molar-refractivity contribution >= 4 is 126 Å². The Hall–Kier alpha value is -10.9. The van der Waals surface area contributed by atoms with Crippen LogP contribution in [0.25, 0.3) is 50.8 Å². The second-order valence-corrected chi connectivity index (χ2v) is 36.6. The third-order valence-corrected chi connectivity index (χ3v) is 26.3. The normalized spacial score (nSPS) is 28.6. The van der Waals surface area contributed by atoms with Crippen molar-refractivity contribution in [3.8, 4) is 0 Å². The third kappa shape index (κ3) is 18.2. The van der Waals surface area contributed by atoms with Crippen LogP contribution in [-0.2, 0) is 96.5 Å². The molecule has 0 bridgehead atoms. The van der Waals surface area contributed by atoms with Crippen LogP contribution in [0.1, 0.15) is 75.9 Å². The number of phosphoric acid groups is 5. The average molecular weight is 1910 g/mol. The fraction of sp³-hybridized carbons (Fsp3) is 0.500. The fourth-order valence-corrected chi connectivity index (χ4v) is 20.3. The minimum absolute atomic E-state index is 0.0143. The number of nitrogens with one attached hydrogen (secondary N) is 3. The van der Waals surface area contributed by atoms with E-state index in [2.05, 4.69) is 74.8 Å². The lowest BCUT2D eigenvalue weighted by atomic mass is 10.2. The number of phosphoric ester groups is 5. The minimum atomic E-state index is -5.69. The number of imidazole rings is 6. The predicted octanol–water partition coefficient (Wildman–Crippen LogP) is -4.82. The van der Waals surface area contributed by atoms with Crippen molar-refractivity contribution in [2.45, 2.75) is 149 Å². The number of nitrogens with two attached hydrogens (primary N) is 6. The van der Waals surface area contributed by atoms with Gasteiger partial charge in [-0.3, -0.25) is 102 Å². The predicted molar refractivity (Wildman–Crippen MR) is 420 cm³/mol. The van der Waals surface area contributed by atoms with Crippen LogP contribution in [0.5, 0.6) is 0 Å². The number of aliphatic hydroxyl groups excluding tert-OH is 2. The molecule has 69 heteroatoms. The quantitative estimate of drug-likeness (QED) is 0.0176. The monoisotopic (exact) mass is 1910 g/mol. The number of anilines is 6. The number of nitrogen functional groups attached to an aromatic ring is 6. The van der Waals surface area contributed by atoms with Gasteiger partial charge in [0.25, 0.3) is 16.7 Å². The van der Waals surface area contributed by atoms with Gasteiger partial charge in [0.2, 0.25) is 53.0 Å². The van der Waals surface area contributed by atoms with Gasteiger partial charge < -0.3 is 97.5 Å². The molecule has 0 aromatic carbocycles. The summed E-state index contributed by atoms with van der Waals surface area (Å²) in [6.07, 6.45) is -18.6. The molecule has 129 heavy (non-hydrogen) atoms. The van der Waals surface area contributed by atoms with Crippen molar-refractivity contribution in [3.05, 3.63) is 119 Å². The summed E-state index contributed by atoms with van der Waals surface area (Å²) in [5.41, 5.74) is 29.0. The molecule has 23 atom stereocenters. The zero-order valence-electron chi connectivity index (χ0n) is 65.3. The molecule has 692 valence electrons. The molecule has 18 rings (SSSR count). The first-order chi connectivity index (χ1) is 61.2. The molecule has 6 fully saturated rings. The molecular weight excluding hydrogens is 1840 g/mol. The van der Waals surface area contributed by atoms with Crippen LogP contribution in [0, 0.1) is 0 Å². The van der Waals surface area contributed by atoms with Crippen molar-refractivity contribution in [1.82, 2.24) is 115 Å². The van der Waals surface area contributed by atoms with Gasteiger partial charge in [0.1, 0.15) is 105 Å². The summed E-state index contributed by atoms with van der Waals surface area (Å²) < 4.78 is 175. The van der Waals surface area contributed by atoms with Crippen molar-refractivity contribution in [2.24, 2.45) is 0 Å². The van der Waals surface area contributed by atoms with Gasteiger partial charge in [0.15, 0.2) is 33.5 Å². The van der Waals surface area contributed by atoms with Crippen LogP contribution >= 0.6 is 39.1 Å².